The Bertz CT molecular complexity index is 1050. The predicted octanol–water partition coefficient (Wildman–Crippen LogP) is 2.31. The molecule has 0 unspecified atom stereocenters. The predicted molar refractivity (Wildman–Crippen MR) is 118 cm³/mol. The minimum Gasteiger partial charge on any atom is -0.378 e. The van der Waals surface area contributed by atoms with Crippen molar-refractivity contribution in [1.82, 2.24) is 24.4 Å². The molecule has 3 aromatic rings. The maximum absolute atomic E-state index is 12.9. The Kier molecular flexibility index (Phi) is 5.39. The van der Waals surface area contributed by atoms with Crippen LogP contribution >= 0.6 is 0 Å². The third kappa shape index (κ3) is 3.85. The molecule has 0 bridgehead atoms. The number of carbonyl (C=O) groups is 1. The Morgan fingerprint density at radius 1 is 0.967 bits per heavy atom. The lowest BCUT2D eigenvalue weighted by Gasteiger charge is -2.35. The van der Waals surface area contributed by atoms with Crippen LogP contribution in [0.2, 0.25) is 0 Å². The smallest absolute Gasteiger partial charge is 0.254 e. The number of aromatic nitrogens is 4. The number of hydrogen-bond acceptors (Lipinski definition) is 6. The maximum Gasteiger partial charge on any atom is 0.254 e. The van der Waals surface area contributed by atoms with Crippen molar-refractivity contribution in [3.05, 3.63) is 59.9 Å². The number of aryl methyl sites for hydroxylation is 1. The molecule has 8 nitrogen and oxygen atoms in total. The monoisotopic (exact) mass is 405 g/mol. The first kappa shape index (κ1) is 19.9. The lowest BCUT2D eigenvalue weighted by molar-refractivity contribution is 0.0746. The summed E-state index contributed by atoms with van der Waals surface area (Å²) in [5.74, 6) is 1.75. The molecule has 0 N–H and O–H groups in total. The molecule has 1 aromatic carbocycles. The van der Waals surface area contributed by atoms with E-state index in [1.165, 1.54) is 0 Å². The van der Waals surface area contributed by atoms with Crippen LogP contribution in [0.4, 0.5) is 11.5 Å². The second-order valence-electron chi connectivity index (χ2n) is 7.74. The Morgan fingerprint density at radius 2 is 1.70 bits per heavy atom. The van der Waals surface area contributed by atoms with Crippen molar-refractivity contribution < 1.29 is 4.79 Å². The quantitative estimate of drug-likeness (QED) is 0.663. The molecule has 1 amide bonds. The van der Waals surface area contributed by atoms with Crippen molar-refractivity contribution in [1.29, 1.82) is 0 Å². The molecule has 8 heteroatoms. The van der Waals surface area contributed by atoms with Gasteiger partial charge in [-0.25, -0.2) is 15.0 Å². The first-order chi connectivity index (χ1) is 14.4. The van der Waals surface area contributed by atoms with Crippen LogP contribution in [0.15, 0.2) is 43.0 Å². The van der Waals surface area contributed by atoms with Crippen LogP contribution in [-0.2, 0) is 0 Å². The Hall–Kier alpha value is -3.42. The van der Waals surface area contributed by atoms with E-state index in [0.29, 0.717) is 13.1 Å². The highest BCUT2D eigenvalue weighted by Crippen LogP contribution is 2.20. The third-order valence-corrected chi connectivity index (χ3v) is 5.64. The minimum atomic E-state index is 0.0752. The molecule has 1 aliphatic heterocycles. The van der Waals surface area contributed by atoms with Gasteiger partial charge in [-0.3, -0.25) is 9.36 Å². The summed E-state index contributed by atoms with van der Waals surface area (Å²) in [6.07, 6.45) is 3.37. The summed E-state index contributed by atoms with van der Waals surface area (Å²) < 4.78 is 1.97. The number of amides is 1. The molecule has 0 saturated carbocycles. The molecule has 3 heterocycles. The van der Waals surface area contributed by atoms with E-state index < -0.39 is 0 Å². The molecule has 0 atom stereocenters. The Balaban J connectivity index is 1.45. The highest BCUT2D eigenvalue weighted by molar-refractivity contribution is 5.95. The van der Waals surface area contributed by atoms with Gasteiger partial charge >= 0.3 is 0 Å². The van der Waals surface area contributed by atoms with E-state index in [1.807, 2.05) is 72.6 Å². The van der Waals surface area contributed by atoms with E-state index in [4.69, 9.17) is 0 Å². The number of piperazine rings is 1. The van der Waals surface area contributed by atoms with Gasteiger partial charge in [0.25, 0.3) is 5.91 Å². The summed E-state index contributed by atoms with van der Waals surface area (Å²) in [7, 11) is 3.95. The van der Waals surface area contributed by atoms with E-state index in [-0.39, 0.29) is 5.91 Å². The number of benzene rings is 1. The summed E-state index contributed by atoms with van der Waals surface area (Å²) >= 11 is 0. The van der Waals surface area contributed by atoms with Gasteiger partial charge in [-0.2, -0.15) is 0 Å². The Morgan fingerprint density at radius 3 is 2.37 bits per heavy atom. The lowest BCUT2D eigenvalue weighted by Crippen LogP contribution is -2.49. The van der Waals surface area contributed by atoms with E-state index >= 15 is 0 Å². The van der Waals surface area contributed by atoms with Crippen molar-refractivity contribution in [2.24, 2.45) is 0 Å². The summed E-state index contributed by atoms with van der Waals surface area (Å²) in [5, 5.41) is 0. The zero-order valence-electron chi connectivity index (χ0n) is 17.9. The molecule has 1 saturated heterocycles. The topological polar surface area (TPSA) is 70.4 Å². The van der Waals surface area contributed by atoms with Gasteiger partial charge in [0.15, 0.2) is 0 Å². The van der Waals surface area contributed by atoms with Crippen LogP contribution in [0.1, 0.15) is 21.7 Å². The van der Waals surface area contributed by atoms with Crippen molar-refractivity contribution in [3.8, 4) is 5.82 Å². The molecule has 0 spiro atoms. The number of hydrogen-bond donors (Lipinski definition) is 0. The Labute approximate surface area is 176 Å². The van der Waals surface area contributed by atoms with Crippen molar-refractivity contribution in [3.63, 3.8) is 0 Å². The van der Waals surface area contributed by atoms with Crippen LogP contribution < -0.4 is 9.80 Å². The molecular formula is C22H27N7O. The largest absolute Gasteiger partial charge is 0.378 e. The van der Waals surface area contributed by atoms with E-state index in [2.05, 4.69) is 19.9 Å². The van der Waals surface area contributed by atoms with E-state index in [1.54, 1.807) is 12.7 Å². The molecule has 2 aromatic heterocycles. The van der Waals surface area contributed by atoms with Crippen molar-refractivity contribution in [2.75, 3.05) is 50.1 Å². The fourth-order valence-electron chi connectivity index (χ4n) is 3.61. The van der Waals surface area contributed by atoms with Gasteiger partial charge in [-0.05, 0) is 32.0 Å². The van der Waals surface area contributed by atoms with Crippen LogP contribution in [0.5, 0.6) is 0 Å². The molecule has 4 rings (SSSR count). The maximum atomic E-state index is 12.9. The molecule has 156 valence electrons. The highest BCUT2D eigenvalue weighted by Gasteiger charge is 2.23. The zero-order chi connectivity index (χ0) is 21.3. The molecule has 1 fully saturated rings. The van der Waals surface area contributed by atoms with E-state index in [0.717, 1.165) is 47.4 Å². The van der Waals surface area contributed by atoms with Crippen LogP contribution in [0, 0.1) is 13.8 Å². The van der Waals surface area contributed by atoms with Gasteiger partial charge in [0.1, 0.15) is 24.3 Å². The minimum absolute atomic E-state index is 0.0752. The standard InChI is InChI=1S/C22H27N7O/c1-16-17(2)29(15-25-16)21-13-20(23-14-24-21)27-8-10-28(11-9-27)22(30)18-6-5-7-19(12-18)26(3)4/h5-7,12-15H,8-11H2,1-4H3. The summed E-state index contributed by atoms with van der Waals surface area (Å²) in [6, 6.07) is 9.74. The number of anilines is 2. The van der Waals surface area contributed by atoms with Crippen molar-refractivity contribution in [2.45, 2.75) is 13.8 Å². The lowest BCUT2D eigenvalue weighted by atomic mass is 10.1. The number of carbonyl (C=O) groups excluding carboxylic acids is 1. The second kappa shape index (κ2) is 8.14. The number of rotatable bonds is 4. The number of imidazole rings is 1. The molecule has 1 aliphatic rings. The summed E-state index contributed by atoms with van der Waals surface area (Å²) in [6.45, 7) is 6.80. The molecule has 30 heavy (non-hydrogen) atoms. The van der Waals surface area contributed by atoms with Crippen LogP contribution in [0.25, 0.3) is 5.82 Å². The fourth-order valence-corrected chi connectivity index (χ4v) is 3.61. The van der Waals surface area contributed by atoms with Crippen LogP contribution in [0.3, 0.4) is 0 Å². The van der Waals surface area contributed by atoms with Gasteiger partial charge in [-0.15, -0.1) is 0 Å². The van der Waals surface area contributed by atoms with Gasteiger partial charge < -0.3 is 14.7 Å². The summed E-state index contributed by atoms with van der Waals surface area (Å²) in [5.41, 5.74) is 3.80. The third-order valence-electron chi connectivity index (χ3n) is 5.64. The van der Waals surface area contributed by atoms with Gasteiger partial charge in [0, 0.05) is 63.3 Å². The SMILES string of the molecule is Cc1ncn(-c2cc(N3CCN(C(=O)c4cccc(N(C)C)c4)CC3)ncn2)c1C. The zero-order valence-corrected chi connectivity index (χ0v) is 17.9. The van der Waals surface area contributed by atoms with Gasteiger partial charge in [-0.1, -0.05) is 6.07 Å². The fraction of sp³-hybridized carbons (Fsp3) is 0.364. The van der Waals surface area contributed by atoms with Crippen LogP contribution in [-0.4, -0.2) is 70.6 Å². The number of nitrogens with zero attached hydrogens (tertiary/aromatic N) is 7. The average molecular weight is 406 g/mol. The average Bonchev–Trinajstić information content (AvgIpc) is 3.12. The van der Waals surface area contributed by atoms with Gasteiger partial charge in [0.2, 0.25) is 0 Å². The first-order valence-corrected chi connectivity index (χ1v) is 10.1. The first-order valence-electron chi connectivity index (χ1n) is 10.1. The second-order valence-corrected chi connectivity index (χ2v) is 7.74. The highest BCUT2D eigenvalue weighted by atomic mass is 16.2. The summed E-state index contributed by atoms with van der Waals surface area (Å²) in [4.78, 5) is 32.3. The van der Waals surface area contributed by atoms with E-state index in [9.17, 15) is 4.79 Å². The molecule has 0 aliphatic carbocycles. The molecule has 0 radical (unpaired) electrons. The van der Waals surface area contributed by atoms with Gasteiger partial charge in [0.05, 0.1) is 5.69 Å². The van der Waals surface area contributed by atoms with Crippen molar-refractivity contribution >= 4 is 17.4 Å². The normalized spacial score (nSPS) is 14.1. The molecular weight excluding hydrogens is 378 g/mol.